The molecule has 3 N–H and O–H groups in total. The summed E-state index contributed by atoms with van der Waals surface area (Å²) in [5.74, 6) is -0.149. The molecule has 0 aromatic heterocycles. The summed E-state index contributed by atoms with van der Waals surface area (Å²) in [7, 11) is 1.49. The van der Waals surface area contributed by atoms with Crippen LogP contribution < -0.4 is 15.2 Å². The summed E-state index contributed by atoms with van der Waals surface area (Å²) >= 11 is 0. The van der Waals surface area contributed by atoms with Crippen LogP contribution in [-0.2, 0) is 4.79 Å². The second kappa shape index (κ2) is 5.37. The van der Waals surface area contributed by atoms with Crippen LogP contribution in [0.5, 0.6) is 11.5 Å². The minimum absolute atomic E-state index is 0.109. The molecule has 0 unspecified atom stereocenters. The minimum atomic E-state index is -1.03. The van der Waals surface area contributed by atoms with Crippen LogP contribution in [0.3, 0.4) is 0 Å². The van der Waals surface area contributed by atoms with Crippen molar-refractivity contribution in [3.63, 3.8) is 0 Å². The second-order valence-corrected chi connectivity index (χ2v) is 3.38. The Labute approximate surface area is 93.8 Å². The number of rotatable bonds is 5. The van der Waals surface area contributed by atoms with E-state index < -0.39 is 12.6 Å². The van der Waals surface area contributed by atoms with Gasteiger partial charge in [0.1, 0.15) is 0 Å². The quantitative estimate of drug-likeness (QED) is 0.786. The first kappa shape index (κ1) is 12.3. The van der Waals surface area contributed by atoms with Gasteiger partial charge in [-0.25, -0.2) is 4.79 Å². The maximum Gasteiger partial charge on any atom is 0.341 e. The van der Waals surface area contributed by atoms with E-state index in [0.717, 1.165) is 5.56 Å². The number of benzene rings is 1. The number of hydrogen-bond acceptors (Lipinski definition) is 4. The summed E-state index contributed by atoms with van der Waals surface area (Å²) in [6, 6.07) is 5.06. The molecule has 0 aliphatic carbocycles. The summed E-state index contributed by atoms with van der Waals surface area (Å²) in [5.41, 5.74) is 6.62. The van der Waals surface area contributed by atoms with Crippen LogP contribution in [0.1, 0.15) is 18.5 Å². The van der Waals surface area contributed by atoms with Gasteiger partial charge in [0.15, 0.2) is 18.1 Å². The molecule has 1 aromatic rings. The summed E-state index contributed by atoms with van der Waals surface area (Å²) < 4.78 is 10.2. The van der Waals surface area contributed by atoms with Gasteiger partial charge in [-0.1, -0.05) is 6.07 Å². The Morgan fingerprint density at radius 2 is 2.19 bits per heavy atom. The van der Waals surface area contributed by atoms with Crippen molar-refractivity contribution in [3.05, 3.63) is 23.8 Å². The van der Waals surface area contributed by atoms with Gasteiger partial charge in [-0.2, -0.15) is 0 Å². The van der Waals surface area contributed by atoms with Crippen molar-refractivity contribution in [3.8, 4) is 11.5 Å². The van der Waals surface area contributed by atoms with Crippen LogP contribution in [0.25, 0.3) is 0 Å². The molecule has 0 spiro atoms. The van der Waals surface area contributed by atoms with Crippen molar-refractivity contribution in [2.75, 3.05) is 13.7 Å². The van der Waals surface area contributed by atoms with Crippen molar-refractivity contribution in [2.24, 2.45) is 5.73 Å². The fraction of sp³-hybridized carbons (Fsp3) is 0.364. The molecule has 88 valence electrons. The molecular formula is C11H15NO4. The molecule has 0 bridgehead atoms. The maximum atomic E-state index is 10.4. The van der Waals surface area contributed by atoms with E-state index >= 15 is 0 Å². The molecule has 0 radical (unpaired) electrons. The highest BCUT2D eigenvalue weighted by molar-refractivity contribution is 5.68. The van der Waals surface area contributed by atoms with Crippen LogP contribution in [0, 0.1) is 0 Å². The Morgan fingerprint density at radius 3 is 2.69 bits per heavy atom. The van der Waals surface area contributed by atoms with E-state index in [2.05, 4.69) is 0 Å². The number of aliphatic carboxylic acids is 1. The Balaban J connectivity index is 2.88. The lowest BCUT2D eigenvalue weighted by atomic mass is 10.1. The van der Waals surface area contributed by atoms with Crippen molar-refractivity contribution in [1.82, 2.24) is 0 Å². The number of carbonyl (C=O) groups is 1. The average Bonchev–Trinajstić information content (AvgIpc) is 2.25. The summed E-state index contributed by atoms with van der Waals surface area (Å²) in [4.78, 5) is 10.4. The predicted octanol–water partition coefficient (Wildman–Crippen LogP) is 1.18. The first-order valence-corrected chi connectivity index (χ1v) is 4.82. The monoisotopic (exact) mass is 225 g/mol. The average molecular weight is 225 g/mol. The molecule has 0 saturated heterocycles. The van der Waals surface area contributed by atoms with Gasteiger partial charge in [0.2, 0.25) is 0 Å². The lowest BCUT2D eigenvalue weighted by Gasteiger charge is -2.12. The number of carboxylic acid groups (broad SMARTS) is 1. The molecule has 0 aliphatic rings. The van der Waals surface area contributed by atoms with Crippen molar-refractivity contribution in [2.45, 2.75) is 13.0 Å². The topological polar surface area (TPSA) is 81.8 Å². The van der Waals surface area contributed by atoms with Gasteiger partial charge in [0.25, 0.3) is 0 Å². The molecule has 0 saturated carbocycles. The van der Waals surface area contributed by atoms with Gasteiger partial charge in [0, 0.05) is 6.04 Å². The lowest BCUT2D eigenvalue weighted by Crippen LogP contribution is -2.10. The third-order valence-corrected chi connectivity index (χ3v) is 2.06. The van der Waals surface area contributed by atoms with Crippen molar-refractivity contribution >= 4 is 5.97 Å². The van der Waals surface area contributed by atoms with E-state index in [4.69, 9.17) is 20.3 Å². The van der Waals surface area contributed by atoms with E-state index in [1.54, 1.807) is 18.2 Å². The van der Waals surface area contributed by atoms with Gasteiger partial charge >= 0.3 is 5.97 Å². The van der Waals surface area contributed by atoms with Crippen LogP contribution in [0.15, 0.2) is 18.2 Å². The van der Waals surface area contributed by atoms with Crippen molar-refractivity contribution < 1.29 is 19.4 Å². The van der Waals surface area contributed by atoms with E-state index in [1.165, 1.54) is 7.11 Å². The fourth-order valence-electron chi connectivity index (χ4n) is 1.23. The number of methoxy groups -OCH3 is 1. The summed E-state index contributed by atoms with van der Waals surface area (Å²) in [6.07, 6.45) is 0. The Kier molecular flexibility index (Phi) is 4.13. The minimum Gasteiger partial charge on any atom is -0.493 e. The largest absolute Gasteiger partial charge is 0.493 e. The highest BCUT2D eigenvalue weighted by atomic mass is 16.5. The number of hydrogen-bond donors (Lipinski definition) is 2. The molecule has 5 nitrogen and oxygen atoms in total. The molecule has 0 aliphatic heterocycles. The normalized spacial score (nSPS) is 11.9. The summed E-state index contributed by atoms with van der Waals surface area (Å²) in [5, 5.41) is 8.50. The lowest BCUT2D eigenvalue weighted by molar-refractivity contribution is -0.139. The zero-order chi connectivity index (χ0) is 12.1. The summed E-state index contributed by atoms with van der Waals surface area (Å²) in [6.45, 7) is 1.46. The maximum absolute atomic E-state index is 10.4. The molecule has 16 heavy (non-hydrogen) atoms. The van der Waals surface area contributed by atoms with Gasteiger partial charge in [0.05, 0.1) is 7.11 Å². The number of ether oxygens (including phenoxy) is 2. The van der Waals surface area contributed by atoms with Crippen molar-refractivity contribution in [1.29, 1.82) is 0 Å². The molecular weight excluding hydrogens is 210 g/mol. The van der Waals surface area contributed by atoms with Crippen LogP contribution in [0.4, 0.5) is 0 Å². The molecule has 1 atom stereocenters. The molecule has 1 rings (SSSR count). The van der Waals surface area contributed by atoms with E-state index in [9.17, 15) is 4.79 Å². The van der Waals surface area contributed by atoms with E-state index in [-0.39, 0.29) is 6.04 Å². The number of nitrogens with two attached hydrogens (primary N) is 1. The third-order valence-electron chi connectivity index (χ3n) is 2.06. The first-order chi connectivity index (χ1) is 7.54. The molecule has 0 heterocycles. The van der Waals surface area contributed by atoms with Crippen LogP contribution in [0.2, 0.25) is 0 Å². The first-order valence-electron chi connectivity index (χ1n) is 4.82. The number of carboxylic acids is 1. The third kappa shape index (κ3) is 3.13. The van der Waals surface area contributed by atoms with Gasteiger partial charge in [-0.3, -0.25) is 0 Å². The molecule has 0 fully saturated rings. The second-order valence-electron chi connectivity index (χ2n) is 3.38. The fourth-order valence-corrected chi connectivity index (χ4v) is 1.23. The van der Waals surface area contributed by atoms with Crippen LogP contribution in [-0.4, -0.2) is 24.8 Å². The molecule has 1 aromatic carbocycles. The predicted molar refractivity (Wildman–Crippen MR) is 58.7 cm³/mol. The van der Waals surface area contributed by atoms with E-state index in [1.807, 2.05) is 6.92 Å². The Bertz CT molecular complexity index is 376. The Hall–Kier alpha value is -1.75. The van der Waals surface area contributed by atoms with Crippen LogP contribution >= 0.6 is 0 Å². The van der Waals surface area contributed by atoms with Gasteiger partial charge < -0.3 is 20.3 Å². The zero-order valence-corrected chi connectivity index (χ0v) is 9.27. The zero-order valence-electron chi connectivity index (χ0n) is 9.27. The standard InChI is InChI=1S/C11H15NO4/c1-7(12)8-3-4-9(10(5-8)15-2)16-6-11(13)14/h3-5,7H,6,12H2,1-2H3,(H,13,14)/t7-/m0/s1. The van der Waals surface area contributed by atoms with Gasteiger partial charge in [-0.15, -0.1) is 0 Å². The SMILES string of the molecule is COc1cc([C@H](C)N)ccc1OCC(=O)O. The Morgan fingerprint density at radius 1 is 1.50 bits per heavy atom. The smallest absolute Gasteiger partial charge is 0.341 e. The highest BCUT2D eigenvalue weighted by Crippen LogP contribution is 2.29. The molecule has 0 amide bonds. The van der Waals surface area contributed by atoms with E-state index in [0.29, 0.717) is 11.5 Å². The highest BCUT2D eigenvalue weighted by Gasteiger charge is 2.09. The van der Waals surface area contributed by atoms with Gasteiger partial charge in [-0.05, 0) is 24.6 Å². The molecule has 5 heteroatoms.